The molecule has 2 rings (SSSR count). The maximum absolute atomic E-state index is 5.38. The van der Waals surface area contributed by atoms with Crippen molar-refractivity contribution >= 4 is 6.21 Å². The van der Waals surface area contributed by atoms with Crippen molar-refractivity contribution in [1.29, 1.82) is 0 Å². The lowest BCUT2D eigenvalue weighted by atomic mass is 10.4. The fraction of sp³-hybridized carbons (Fsp3) is 0.909. The molecule has 2 saturated heterocycles. The Labute approximate surface area is 91.9 Å². The van der Waals surface area contributed by atoms with E-state index in [2.05, 4.69) is 14.8 Å². The molecule has 0 aromatic rings. The minimum atomic E-state index is 0.265. The molecule has 0 aromatic heterocycles. The third-order valence-corrected chi connectivity index (χ3v) is 3.12. The van der Waals surface area contributed by atoms with Crippen LogP contribution in [0.4, 0.5) is 0 Å². The molecule has 0 aliphatic carbocycles. The predicted octanol–water partition coefficient (Wildman–Crippen LogP) is 0.789. The van der Waals surface area contributed by atoms with Crippen LogP contribution in [0.1, 0.15) is 19.8 Å². The molecule has 1 atom stereocenters. The molecule has 0 saturated carbocycles. The van der Waals surface area contributed by atoms with E-state index in [0.29, 0.717) is 0 Å². The molecule has 0 bridgehead atoms. The molecule has 0 spiro atoms. The summed E-state index contributed by atoms with van der Waals surface area (Å²) >= 11 is 0. The van der Waals surface area contributed by atoms with Crippen molar-refractivity contribution in [2.45, 2.75) is 26.1 Å². The maximum atomic E-state index is 5.38. The van der Waals surface area contributed by atoms with Gasteiger partial charge in [-0.15, -0.1) is 0 Å². The maximum Gasteiger partial charge on any atom is 0.158 e. The Bertz CT molecular complexity index is 208. The molecule has 0 aromatic carbocycles. The van der Waals surface area contributed by atoms with Gasteiger partial charge in [-0.05, 0) is 26.0 Å². The van der Waals surface area contributed by atoms with Crippen molar-refractivity contribution in [3.63, 3.8) is 0 Å². The van der Waals surface area contributed by atoms with Gasteiger partial charge in [0.2, 0.25) is 0 Å². The molecule has 0 radical (unpaired) electrons. The number of rotatable bonds is 3. The second-order valence-electron chi connectivity index (χ2n) is 4.15. The van der Waals surface area contributed by atoms with E-state index in [1.165, 1.54) is 25.9 Å². The predicted molar refractivity (Wildman–Crippen MR) is 61.2 cm³/mol. The summed E-state index contributed by atoms with van der Waals surface area (Å²) in [5.74, 6) is 0. The first-order valence-electron chi connectivity index (χ1n) is 5.95. The second kappa shape index (κ2) is 5.58. The van der Waals surface area contributed by atoms with Crippen LogP contribution in [0, 0.1) is 0 Å². The quantitative estimate of drug-likeness (QED) is 0.646. The number of likely N-dealkylation sites (tertiary alicyclic amines) is 1. The summed E-state index contributed by atoms with van der Waals surface area (Å²) in [6.07, 6.45) is 4.83. The van der Waals surface area contributed by atoms with Gasteiger partial charge in [-0.25, -0.2) is 0 Å². The molecule has 4 nitrogen and oxygen atoms in total. The molecule has 15 heavy (non-hydrogen) atoms. The Balaban J connectivity index is 1.97. The minimum Gasteiger partial charge on any atom is -0.379 e. The van der Waals surface area contributed by atoms with Crippen molar-refractivity contribution < 1.29 is 4.74 Å². The lowest BCUT2D eigenvalue weighted by molar-refractivity contribution is -0.0232. The number of aliphatic imine (C=N–C) groups is 1. The number of ether oxygens (including phenoxy) is 1. The topological polar surface area (TPSA) is 28.1 Å². The Morgan fingerprint density at radius 1 is 1.07 bits per heavy atom. The highest BCUT2D eigenvalue weighted by Gasteiger charge is 2.27. The van der Waals surface area contributed by atoms with Crippen LogP contribution < -0.4 is 0 Å². The van der Waals surface area contributed by atoms with Crippen molar-refractivity contribution in [1.82, 2.24) is 9.80 Å². The van der Waals surface area contributed by atoms with E-state index >= 15 is 0 Å². The number of nitrogens with zero attached hydrogens (tertiary/aromatic N) is 3. The standard InChI is InChI=1S/C11H21N3O/c1-2-12-11(13-5-3-4-6-13)14-7-9-15-10-8-14/h2,11H,3-10H2,1H3. The van der Waals surface area contributed by atoms with E-state index in [-0.39, 0.29) is 6.29 Å². The Morgan fingerprint density at radius 2 is 1.67 bits per heavy atom. The smallest absolute Gasteiger partial charge is 0.158 e. The minimum absolute atomic E-state index is 0.265. The van der Waals surface area contributed by atoms with Gasteiger partial charge in [-0.2, -0.15) is 0 Å². The summed E-state index contributed by atoms with van der Waals surface area (Å²) in [7, 11) is 0. The van der Waals surface area contributed by atoms with Gasteiger partial charge in [0.15, 0.2) is 6.29 Å². The van der Waals surface area contributed by atoms with E-state index in [1.54, 1.807) is 0 Å². The van der Waals surface area contributed by atoms with Crippen LogP contribution >= 0.6 is 0 Å². The third-order valence-electron chi connectivity index (χ3n) is 3.12. The molecule has 2 aliphatic rings. The van der Waals surface area contributed by atoms with Gasteiger partial charge in [0.05, 0.1) is 13.2 Å². The molecule has 1 unspecified atom stereocenters. The molecule has 4 heteroatoms. The SMILES string of the molecule is CC=NC(N1CCCC1)N1CCOCC1. The first kappa shape index (κ1) is 11.0. The van der Waals surface area contributed by atoms with E-state index in [0.717, 1.165) is 26.3 Å². The zero-order valence-corrected chi connectivity index (χ0v) is 9.56. The normalized spacial score (nSPS) is 27.5. The molecular formula is C11H21N3O. The summed E-state index contributed by atoms with van der Waals surface area (Å²) in [4.78, 5) is 9.50. The van der Waals surface area contributed by atoms with Gasteiger partial charge in [0.1, 0.15) is 0 Å². The van der Waals surface area contributed by atoms with Crippen LogP contribution in [0.25, 0.3) is 0 Å². The molecule has 0 N–H and O–H groups in total. The highest BCUT2D eigenvalue weighted by molar-refractivity contribution is 5.53. The van der Waals surface area contributed by atoms with Crippen LogP contribution in [0.3, 0.4) is 0 Å². The van der Waals surface area contributed by atoms with E-state index in [1.807, 2.05) is 13.1 Å². The van der Waals surface area contributed by atoms with Crippen LogP contribution in [-0.4, -0.2) is 61.7 Å². The van der Waals surface area contributed by atoms with E-state index in [4.69, 9.17) is 4.74 Å². The zero-order valence-electron chi connectivity index (χ0n) is 9.56. The van der Waals surface area contributed by atoms with Crippen molar-refractivity contribution in [3.05, 3.63) is 0 Å². The highest BCUT2D eigenvalue weighted by Crippen LogP contribution is 2.16. The van der Waals surface area contributed by atoms with Gasteiger partial charge in [0.25, 0.3) is 0 Å². The number of hydrogen-bond acceptors (Lipinski definition) is 4. The van der Waals surface area contributed by atoms with Crippen LogP contribution in [0.5, 0.6) is 0 Å². The zero-order chi connectivity index (χ0) is 10.5. The first-order chi connectivity index (χ1) is 7.42. The molecule has 86 valence electrons. The van der Waals surface area contributed by atoms with Crippen LogP contribution in [0.15, 0.2) is 4.99 Å². The lowest BCUT2D eigenvalue weighted by Gasteiger charge is -2.36. The van der Waals surface area contributed by atoms with E-state index in [9.17, 15) is 0 Å². The van der Waals surface area contributed by atoms with Crippen LogP contribution in [0.2, 0.25) is 0 Å². The number of hydrogen-bond donors (Lipinski definition) is 0. The average Bonchev–Trinajstić information content (AvgIpc) is 2.80. The van der Waals surface area contributed by atoms with Crippen molar-refractivity contribution in [2.75, 3.05) is 39.4 Å². The fourth-order valence-electron chi connectivity index (χ4n) is 2.33. The van der Waals surface area contributed by atoms with Gasteiger partial charge < -0.3 is 4.74 Å². The van der Waals surface area contributed by atoms with Crippen LogP contribution in [-0.2, 0) is 4.74 Å². The van der Waals surface area contributed by atoms with Crippen molar-refractivity contribution in [3.8, 4) is 0 Å². The van der Waals surface area contributed by atoms with Gasteiger partial charge in [0, 0.05) is 26.2 Å². The molecule has 0 amide bonds. The monoisotopic (exact) mass is 211 g/mol. The third kappa shape index (κ3) is 2.77. The summed E-state index contributed by atoms with van der Waals surface area (Å²) in [6, 6.07) is 0. The summed E-state index contributed by atoms with van der Waals surface area (Å²) in [5, 5.41) is 0. The molecule has 2 aliphatic heterocycles. The Morgan fingerprint density at radius 3 is 2.27 bits per heavy atom. The summed E-state index contributed by atoms with van der Waals surface area (Å²) in [6.45, 7) is 8.12. The number of morpholine rings is 1. The Hall–Kier alpha value is -0.450. The van der Waals surface area contributed by atoms with Gasteiger partial charge in [-0.3, -0.25) is 14.8 Å². The lowest BCUT2D eigenvalue weighted by Crippen LogP contribution is -2.50. The molecule has 2 fully saturated rings. The van der Waals surface area contributed by atoms with Crippen molar-refractivity contribution in [2.24, 2.45) is 4.99 Å². The Kier molecular flexibility index (Phi) is 4.11. The largest absolute Gasteiger partial charge is 0.379 e. The summed E-state index contributed by atoms with van der Waals surface area (Å²) < 4.78 is 5.38. The molecular weight excluding hydrogens is 190 g/mol. The second-order valence-corrected chi connectivity index (χ2v) is 4.15. The van der Waals surface area contributed by atoms with E-state index < -0.39 is 0 Å². The van der Waals surface area contributed by atoms with Gasteiger partial charge in [-0.1, -0.05) is 0 Å². The highest BCUT2D eigenvalue weighted by atomic mass is 16.5. The summed E-state index contributed by atoms with van der Waals surface area (Å²) in [5.41, 5.74) is 0. The molecule has 2 heterocycles. The first-order valence-corrected chi connectivity index (χ1v) is 5.95. The average molecular weight is 211 g/mol. The fourth-order valence-corrected chi connectivity index (χ4v) is 2.33. The van der Waals surface area contributed by atoms with Gasteiger partial charge >= 0.3 is 0 Å².